The third-order valence-corrected chi connectivity index (χ3v) is 3.55. The van der Waals surface area contributed by atoms with Gasteiger partial charge in [-0.25, -0.2) is 0 Å². The molecule has 0 saturated carbocycles. The monoisotopic (exact) mass is 360 g/mol. The van der Waals surface area contributed by atoms with Gasteiger partial charge in [0.05, 0.1) is 0 Å². The van der Waals surface area contributed by atoms with E-state index in [0.29, 0.717) is 0 Å². The van der Waals surface area contributed by atoms with E-state index in [9.17, 15) is 12.5 Å². The van der Waals surface area contributed by atoms with Gasteiger partial charge in [0.1, 0.15) is 0 Å². The Hall–Kier alpha value is 0.398. The van der Waals surface area contributed by atoms with Crippen LogP contribution in [-0.4, -0.2) is 15.7 Å². The van der Waals surface area contributed by atoms with Crippen molar-refractivity contribution in [2.45, 2.75) is 0 Å². The Morgan fingerprint density at radius 3 is 2.33 bits per heavy atom. The summed E-state index contributed by atoms with van der Waals surface area (Å²) in [4.78, 5) is 0. The minimum absolute atomic E-state index is 0.0337. The van der Waals surface area contributed by atoms with Crippen LogP contribution in [0.1, 0.15) is 0 Å². The number of rotatable bonds is 1. The summed E-state index contributed by atoms with van der Waals surface area (Å²) in [5.74, 6) is -1.50. The van der Waals surface area contributed by atoms with Gasteiger partial charge in [0.25, 0.3) is 0 Å². The van der Waals surface area contributed by atoms with Gasteiger partial charge in [-0.05, 0) is 0 Å². The number of hydrogen-bond donors (Lipinski definition) is 0. The molecule has 0 N–H and O–H groups in total. The zero-order valence-corrected chi connectivity index (χ0v) is 10.5. The van der Waals surface area contributed by atoms with Crippen molar-refractivity contribution >= 4 is 51.9 Å². The van der Waals surface area contributed by atoms with Crippen molar-refractivity contribution in [2.24, 2.45) is 0 Å². The van der Waals surface area contributed by atoms with Gasteiger partial charge in [0.2, 0.25) is 0 Å². The Morgan fingerprint density at radius 2 is 1.83 bits per heavy atom. The second-order valence-electron chi connectivity index (χ2n) is 1.91. The van der Waals surface area contributed by atoms with Gasteiger partial charge in [-0.3, -0.25) is 0 Å². The van der Waals surface area contributed by atoms with E-state index in [-0.39, 0.29) is 13.3 Å². The first kappa shape index (κ1) is 10.5. The predicted molar refractivity (Wildman–Crippen MR) is 47.8 cm³/mol. The fourth-order valence-electron chi connectivity index (χ4n) is 0.627. The molecule has 0 aliphatic carbocycles. The standard InChI is InChI=1S/C6HAsBr2F2O/c8-3-1-2(7-12)5(10)4(9)6(3)11/h1H. The van der Waals surface area contributed by atoms with Crippen molar-refractivity contribution in [3.8, 4) is 0 Å². The van der Waals surface area contributed by atoms with Crippen molar-refractivity contribution in [3.63, 3.8) is 0 Å². The summed E-state index contributed by atoms with van der Waals surface area (Å²) in [6.45, 7) is 0. The van der Waals surface area contributed by atoms with Gasteiger partial charge in [-0.15, -0.1) is 0 Å². The van der Waals surface area contributed by atoms with E-state index >= 15 is 0 Å². The van der Waals surface area contributed by atoms with Crippen molar-refractivity contribution in [1.29, 1.82) is 0 Å². The molecule has 0 aliphatic heterocycles. The van der Waals surface area contributed by atoms with Crippen LogP contribution < -0.4 is 4.35 Å². The van der Waals surface area contributed by atoms with Crippen LogP contribution >= 0.6 is 31.9 Å². The molecule has 1 rings (SSSR count). The number of benzene rings is 1. The average Bonchev–Trinajstić information content (AvgIpc) is 2.08. The molecule has 0 radical (unpaired) electrons. The second kappa shape index (κ2) is 4.07. The topological polar surface area (TPSA) is 17.1 Å². The molecule has 0 aromatic heterocycles. The molecule has 1 nitrogen and oxygen atoms in total. The first-order valence-corrected chi connectivity index (χ1v) is 6.03. The summed E-state index contributed by atoms with van der Waals surface area (Å²) >= 11 is 4.12. The maximum atomic E-state index is 13.0. The zero-order chi connectivity index (χ0) is 9.30. The Bertz CT molecular complexity index is 343. The SMILES string of the molecule is O=[As]c1cc(Br)c(F)c(Br)c1F. The first-order chi connectivity index (χ1) is 5.57. The molecule has 0 fully saturated rings. The van der Waals surface area contributed by atoms with Crippen molar-refractivity contribution < 1.29 is 12.5 Å². The first-order valence-electron chi connectivity index (χ1n) is 2.74. The van der Waals surface area contributed by atoms with Gasteiger partial charge in [-0.2, -0.15) is 0 Å². The molecule has 1 aromatic carbocycles. The summed E-state index contributed by atoms with van der Waals surface area (Å²) in [6.07, 6.45) is 0. The van der Waals surface area contributed by atoms with E-state index in [1.165, 1.54) is 6.07 Å². The molecule has 0 heterocycles. The summed E-state index contributed by atoms with van der Waals surface area (Å²) in [7, 11) is 0. The molecule has 0 amide bonds. The van der Waals surface area contributed by atoms with E-state index in [0.717, 1.165) is 0 Å². The Kier molecular flexibility index (Phi) is 3.56. The van der Waals surface area contributed by atoms with Crippen LogP contribution in [-0.2, 0) is 3.74 Å². The summed E-state index contributed by atoms with van der Waals surface area (Å²) in [5, 5.41) is 0. The molecule has 0 saturated heterocycles. The van der Waals surface area contributed by atoms with Gasteiger partial charge in [0.15, 0.2) is 0 Å². The van der Waals surface area contributed by atoms with Crippen LogP contribution in [0.2, 0.25) is 0 Å². The van der Waals surface area contributed by atoms with Crippen LogP contribution in [0.15, 0.2) is 15.0 Å². The van der Waals surface area contributed by atoms with Gasteiger partial charge >= 0.3 is 91.1 Å². The molecule has 0 aliphatic rings. The van der Waals surface area contributed by atoms with Crippen LogP contribution in [0, 0.1) is 11.6 Å². The average molecular weight is 362 g/mol. The normalized spacial score (nSPS) is 10.7. The minimum atomic E-state index is -1.48. The third kappa shape index (κ3) is 1.83. The van der Waals surface area contributed by atoms with Gasteiger partial charge in [0, 0.05) is 0 Å². The Morgan fingerprint density at radius 1 is 1.25 bits per heavy atom. The number of halogens is 4. The Labute approximate surface area is 90.7 Å². The molecule has 0 bridgehead atoms. The fraction of sp³-hybridized carbons (Fsp3) is 0. The van der Waals surface area contributed by atoms with Crippen LogP contribution in [0.5, 0.6) is 0 Å². The quantitative estimate of drug-likeness (QED) is 0.425. The summed E-state index contributed by atoms with van der Waals surface area (Å²) in [5.41, 5.74) is 0. The second-order valence-corrected chi connectivity index (χ2v) is 4.95. The maximum absolute atomic E-state index is 13.0. The van der Waals surface area contributed by atoms with E-state index < -0.39 is 27.3 Å². The molecule has 6 heteroatoms. The molecule has 1 aromatic rings. The predicted octanol–water partition coefficient (Wildman–Crippen LogP) is 2.16. The molecular formula is C6HAsBr2F2O. The fourth-order valence-corrected chi connectivity index (χ4v) is 3.25. The van der Waals surface area contributed by atoms with Crippen molar-refractivity contribution in [3.05, 3.63) is 26.6 Å². The van der Waals surface area contributed by atoms with Gasteiger partial charge in [-0.1, -0.05) is 0 Å². The molecule has 64 valence electrons. The molecule has 0 atom stereocenters. The van der Waals surface area contributed by atoms with Crippen LogP contribution in [0.4, 0.5) is 8.78 Å². The summed E-state index contributed by atoms with van der Waals surface area (Å²) in [6, 6.07) is 1.18. The third-order valence-electron chi connectivity index (χ3n) is 1.18. The van der Waals surface area contributed by atoms with E-state index in [4.69, 9.17) is 0 Å². The van der Waals surface area contributed by atoms with Crippen LogP contribution in [0.25, 0.3) is 0 Å². The van der Waals surface area contributed by atoms with Crippen molar-refractivity contribution in [1.82, 2.24) is 0 Å². The number of hydrogen-bond acceptors (Lipinski definition) is 1. The molecular weight excluding hydrogens is 361 g/mol. The molecule has 0 unspecified atom stereocenters. The van der Waals surface area contributed by atoms with E-state index in [1.54, 1.807) is 0 Å². The Balaban J connectivity index is 3.49. The zero-order valence-electron chi connectivity index (χ0n) is 5.44. The van der Waals surface area contributed by atoms with Gasteiger partial charge < -0.3 is 0 Å². The molecule has 0 spiro atoms. The summed E-state index contributed by atoms with van der Waals surface area (Å²) < 4.78 is 36.2. The van der Waals surface area contributed by atoms with Crippen molar-refractivity contribution in [2.75, 3.05) is 0 Å². The molecule has 12 heavy (non-hydrogen) atoms. The van der Waals surface area contributed by atoms with Crippen LogP contribution in [0.3, 0.4) is 0 Å². The van der Waals surface area contributed by atoms with E-state index in [1.807, 2.05) is 0 Å². The van der Waals surface area contributed by atoms with E-state index in [2.05, 4.69) is 31.9 Å².